The fourth-order valence-electron chi connectivity index (χ4n) is 2.59. The number of thioether (sulfide) groups is 1. The predicted octanol–water partition coefficient (Wildman–Crippen LogP) is 4.29. The van der Waals surface area contributed by atoms with Gasteiger partial charge in [-0.3, -0.25) is 4.40 Å². The van der Waals surface area contributed by atoms with E-state index in [-0.39, 0.29) is 0 Å². The van der Waals surface area contributed by atoms with E-state index in [1.165, 1.54) is 16.5 Å². The second kappa shape index (κ2) is 5.98. The number of benzene rings is 2. The molecule has 5 rings (SSSR count). The molecule has 0 unspecified atom stereocenters. The standard InChI is InChI=1S/C17H11N5OS2/c1-2-6-11(7-3-1)15-18-14(23-21-15)10-24-16-19-20-17-22(16)12-8-4-5-9-13(12)25-17/h1-9H,10H2. The molecule has 0 bridgehead atoms. The van der Waals surface area contributed by atoms with Crippen LogP contribution in [-0.4, -0.2) is 24.7 Å². The van der Waals surface area contributed by atoms with Crippen molar-refractivity contribution in [2.75, 3.05) is 0 Å². The SMILES string of the molecule is c1ccc(-c2noc(CSc3nnc4sc5ccccc5n34)n2)cc1. The lowest BCUT2D eigenvalue weighted by atomic mass is 10.2. The van der Waals surface area contributed by atoms with Crippen LogP contribution in [0.1, 0.15) is 5.89 Å². The van der Waals surface area contributed by atoms with E-state index in [2.05, 4.69) is 36.9 Å². The van der Waals surface area contributed by atoms with Gasteiger partial charge in [0.2, 0.25) is 16.7 Å². The van der Waals surface area contributed by atoms with Crippen LogP contribution in [0.2, 0.25) is 0 Å². The number of rotatable bonds is 4. The maximum Gasteiger partial charge on any atom is 0.237 e. The first kappa shape index (κ1) is 14.6. The minimum absolute atomic E-state index is 0.546. The van der Waals surface area contributed by atoms with Crippen LogP contribution in [0, 0.1) is 0 Å². The largest absolute Gasteiger partial charge is 0.338 e. The summed E-state index contributed by atoms with van der Waals surface area (Å²) in [6.45, 7) is 0. The van der Waals surface area contributed by atoms with Crippen molar-refractivity contribution in [1.29, 1.82) is 0 Å². The van der Waals surface area contributed by atoms with Crippen molar-refractivity contribution in [3.8, 4) is 11.4 Å². The molecular weight excluding hydrogens is 354 g/mol. The van der Waals surface area contributed by atoms with E-state index in [0.29, 0.717) is 17.5 Å². The molecule has 8 heteroatoms. The molecule has 3 heterocycles. The maximum absolute atomic E-state index is 5.36. The Labute approximate surface area is 150 Å². The molecule has 0 N–H and O–H groups in total. The molecule has 5 aromatic rings. The first-order chi connectivity index (χ1) is 12.4. The maximum atomic E-state index is 5.36. The van der Waals surface area contributed by atoms with Crippen LogP contribution < -0.4 is 0 Å². The smallest absolute Gasteiger partial charge is 0.237 e. The number of nitrogens with zero attached hydrogens (tertiary/aromatic N) is 5. The van der Waals surface area contributed by atoms with Crippen LogP contribution in [0.3, 0.4) is 0 Å². The summed E-state index contributed by atoms with van der Waals surface area (Å²) in [7, 11) is 0. The van der Waals surface area contributed by atoms with Gasteiger partial charge >= 0.3 is 0 Å². The van der Waals surface area contributed by atoms with Gasteiger partial charge in [-0.1, -0.05) is 70.7 Å². The Morgan fingerprint density at radius 2 is 1.84 bits per heavy atom. The average Bonchev–Trinajstić information content (AvgIpc) is 3.36. The van der Waals surface area contributed by atoms with Crippen molar-refractivity contribution in [2.24, 2.45) is 0 Å². The summed E-state index contributed by atoms with van der Waals surface area (Å²) in [5.41, 5.74) is 2.06. The van der Waals surface area contributed by atoms with Gasteiger partial charge in [0.15, 0.2) is 5.16 Å². The zero-order valence-corrected chi connectivity index (χ0v) is 14.5. The summed E-state index contributed by atoms with van der Waals surface area (Å²) < 4.78 is 8.62. The number of thiazole rings is 1. The van der Waals surface area contributed by atoms with Gasteiger partial charge in [-0.05, 0) is 12.1 Å². The van der Waals surface area contributed by atoms with Crippen molar-refractivity contribution >= 4 is 38.3 Å². The second-order valence-corrected chi connectivity index (χ2v) is 7.29. The van der Waals surface area contributed by atoms with Crippen molar-refractivity contribution in [3.63, 3.8) is 0 Å². The Morgan fingerprint density at radius 3 is 2.76 bits per heavy atom. The summed E-state index contributed by atoms with van der Waals surface area (Å²) in [4.78, 5) is 5.34. The van der Waals surface area contributed by atoms with Crippen LogP contribution in [0.25, 0.3) is 26.6 Å². The molecular formula is C17H11N5OS2. The molecule has 0 fully saturated rings. The highest BCUT2D eigenvalue weighted by Crippen LogP contribution is 2.30. The van der Waals surface area contributed by atoms with Crippen molar-refractivity contribution in [2.45, 2.75) is 10.9 Å². The lowest BCUT2D eigenvalue weighted by molar-refractivity contribution is 0.391. The van der Waals surface area contributed by atoms with E-state index in [1.807, 2.05) is 42.5 Å². The zero-order valence-electron chi connectivity index (χ0n) is 12.9. The Bertz CT molecular complexity index is 1160. The molecule has 0 spiro atoms. The van der Waals surface area contributed by atoms with Gasteiger partial charge < -0.3 is 4.52 Å². The van der Waals surface area contributed by atoms with E-state index in [9.17, 15) is 0 Å². The molecule has 0 saturated heterocycles. The molecule has 25 heavy (non-hydrogen) atoms. The topological polar surface area (TPSA) is 69.1 Å². The Balaban J connectivity index is 1.42. The normalized spacial score (nSPS) is 11.5. The third-order valence-electron chi connectivity index (χ3n) is 3.74. The third kappa shape index (κ3) is 2.59. The van der Waals surface area contributed by atoms with Crippen LogP contribution in [0.5, 0.6) is 0 Å². The molecule has 0 saturated carbocycles. The first-order valence-electron chi connectivity index (χ1n) is 7.62. The van der Waals surface area contributed by atoms with Crippen LogP contribution in [-0.2, 0) is 5.75 Å². The zero-order chi connectivity index (χ0) is 16.6. The Hall–Kier alpha value is -2.71. The Morgan fingerprint density at radius 1 is 1.00 bits per heavy atom. The van der Waals surface area contributed by atoms with Gasteiger partial charge in [-0.2, -0.15) is 4.98 Å². The van der Waals surface area contributed by atoms with Crippen LogP contribution >= 0.6 is 23.1 Å². The molecule has 0 amide bonds. The van der Waals surface area contributed by atoms with Gasteiger partial charge in [0.05, 0.1) is 16.0 Å². The fraction of sp³-hybridized carbons (Fsp3) is 0.0588. The van der Waals surface area contributed by atoms with E-state index in [1.54, 1.807) is 11.3 Å². The minimum atomic E-state index is 0.546. The van der Waals surface area contributed by atoms with Gasteiger partial charge in [0.1, 0.15) is 0 Å². The summed E-state index contributed by atoms with van der Waals surface area (Å²) in [6.07, 6.45) is 0. The van der Waals surface area contributed by atoms with E-state index in [0.717, 1.165) is 21.2 Å². The molecule has 0 atom stereocenters. The highest BCUT2D eigenvalue weighted by molar-refractivity contribution is 7.98. The summed E-state index contributed by atoms with van der Waals surface area (Å²) in [5.74, 6) is 1.72. The highest BCUT2D eigenvalue weighted by atomic mass is 32.2. The number of hydrogen-bond acceptors (Lipinski definition) is 7. The molecule has 0 radical (unpaired) electrons. The van der Waals surface area contributed by atoms with Gasteiger partial charge in [0, 0.05) is 5.56 Å². The molecule has 0 aliphatic carbocycles. The lowest BCUT2D eigenvalue weighted by Crippen LogP contribution is -1.87. The van der Waals surface area contributed by atoms with Gasteiger partial charge in [0.25, 0.3) is 0 Å². The van der Waals surface area contributed by atoms with Crippen molar-refractivity contribution < 1.29 is 4.52 Å². The van der Waals surface area contributed by atoms with Crippen molar-refractivity contribution in [3.05, 3.63) is 60.5 Å². The molecule has 0 aliphatic heterocycles. The molecule has 0 aliphatic rings. The number of fused-ring (bicyclic) bond motifs is 3. The molecule has 2 aromatic carbocycles. The minimum Gasteiger partial charge on any atom is -0.338 e. The molecule has 122 valence electrons. The summed E-state index contributed by atoms with van der Waals surface area (Å²) in [5, 5.41) is 13.4. The van der Waals surface area contributed by atoms with Gasteiger partial charge in [-0.15, -0.1) is 10.2 Å². The van der Waals surface area contributed by atoms with Crippen LogP contribution in [0.15, 0.2) is 64.3 Å². The number of hydrogen-bond donors (Lipinski definition) is 0. The molecule has 3 aromatic heterocycles. The fourth-order valence-corrected chi connectivity index (χ4v) is 4.40. The number of para-hydroxylation sites is 1. The third-order valence-corrected chi connectivity index (χ3v) is 5.66. The summed E-state index contributed by atoms with van der Waals surface area (Å²) >= 11 is 3.17. The van der Waals surface area contributed by atoms with E-state index < -0.39 is 0 Å². The van der Waals surface area contributed by atoms with Gasteiger partial charge in [-0.25, -0.2) is 0 Å². The first-order valence-corrected chi connectivity index (χ1v) is 9.42. The number of aromatic nitrogens is 5. The van der Waals surface area contributed by atoms with E-state index >= 15 is 0 Å². The summed E-state index contributed by atoms with van der Waals surface area (Å²) in [6, 6.07) is 18.0. The van der Waals surface area contributed by atoms with E-state index in [4.69, 9.17) is 4.52 Å². The molecule has 6 nitrogen and oxygen atoms in total. The quantitative estimate of drug-likeness (QED) is 0.443. The lowest BCUT2D eigenvalue weighted by Gasteiger charge is -1.96. The monoisotopic (exact) mass is 365 g/mol. The average molecular weight is 365 g/mol. The predicted molar refractivity (Wildman–Crippen MR) is 97.7 cm³/mol. The van der Waals surface area contributed by atoms with Crippen LogP contribution in [0.4, 0.5) is 0 Å². The Kier molecular flexibility index (Phi) is 3.50. The van der Waals surface area contributed by atoms with Crippen molar-refractivity contribution in [1.82, 2.24) is 24.7 Å². The highest BCUT2D eigenvalue weighted by Gasteiger charge is 2.14. The second-order valence-electron chi connectivity index (χ2n) is 5.34.